The third-order valence-electron chi connectivity index (χ3n) is 4.74. The minimum absolute atomic E-state index is 0.237. The molecule has 1 atom stereocenters. The number of carbonyl (C=O) groups is 1. The van der Waals surface area contributed by atoms with Crippen molar-refractivity contribution < 1.29 is 9.53 Å². The van der Waals surface area contributed by atoms with Crippen LogP contribution in [0.25, 0.3) is 0 Å². The molecule has 0 aliphatic carbocycles. The zero-order valence-corrected chi connectivity index (χ0v) is 14.4. The average Bonchev–Trinajstić information content (AvgIpc) is 2.64. The van der Waals surface area contributed by atoms with Gasteiger partial charge < -0.3 is 14.5 Å². The SMILES string of the molecule is CCCC1COCCN1C(=O)CN1CCN(c2ncccn2)CC1. The predicted molar refractivity (Wildman–Crippen MR) is 91.9 cm³/mol. The van der Waals surface area contributed by atoms with Gasteiger partial charge in [0.25, 0.3) is 0 Å². The Morgan fingerprint density at radius 2 is 1.96 bits per heavy atom. The summed E-state index contributed by atoms with van der Waals surface area (Å²) in [7, 11) is 0. The van der Waals surface area contributed by atoms with Gasteiger partial charge in [-0.15, -0.1) is 0 Å². The number of anilines is 1. The van der Waals surface area contributed by atoms with Crippen molar-refractivity contribution in [2.24, 2.45) is 0 Å². The first-order valence-electron chi connectivity index (χ1n) is 8.89. The minimum atomic E-state index is 0.237. The van der Waals surface area contributed by atoms with E-state index in [-0.39, 0.29) is 11.9 Å². The van der Waals surface area contributed by atoms with E-state index in [1.165, 1.54) is 0 Å². The average molecular weight is 333 g/mol. The molecular weight excluding hydrogens is 306 g/mol. The highest BCUT2D eigenvalue weighted by molar-refractivity contribution is 5.78. The second-order valence-corrected chi connectivity index (χ2v) is 6.42. The van der Waals surface area contributed by atoms with Crippen LogP contribution >= 0.6 is 0 Å². The van der Waals surface area contributed by atoms with Gasteiger partial charge in [0.1, 0.15) is 0 Å². The third-order valence-corrected chi connectivity index (χ3v) is 4.74. The lowest BCUT2D eigenvalue weighted by molar-refractivity contribution is -0.141. The molecule has 0 radical (unpaired) electrons. The number of ether oxygens (including phenoxy) is 1. The molecule has 1 aromatic heterocycles. The molecule has 2 aliphatic rings. The van der Waals surface area contributed by atoms with Gasteiger partial charge in [0.15, 0.2) is 0 Å². The highest BCUT2D eigenvalue weighted by atomic mass is 16.5. The Bertz CT molecular complexity index is 517. The Morgan fingerprint density at radius 3 is 2.67 bits per heavy atom. The van der Waals surface area contributed by atoms with Crippen molar-refractivity contribution in [3.63, 3.8) is 0 Å². The van der Waals surface area contributed by atoms with E-state index in [1.54, 1.807) is 12.4 Å². The summed E-state index contributed by atoms with van der Waals surface area (Å²) in [5, 5.41) is 0. The van der Waals surface area contributed by atoms with Gasteiger partial charge in [-0.2, -0.15) is 0 Å². The van der Waals surface area contributed by atoms with Crippen LogP contribution in [0.5, 0.6) is 0 Å². The second-order valence-electron chi connectivity index (χ2n) is 6.42. The first-order valence-corrected chi connectivity index (χ1v) is 8.89. The summed E-state index contributed by atoms with van der Waals surface area (Å²) in [6.45, 7) is 8.17. The van der Waals surface area contributed by atoms with Gasteiger partial charge in [0, 0.05) is 45.1 Å². The van der Waals surface area contributed by atoms with E-state index in [4.69, 9.17) is 4.74 Å². The van der Waals surface area contributed by atoms with Crippen LogP contribution < -0.4 is 4.90 Å². The fourth-order valence-corrected chi connectivity index (χ4v) is 3.40. The number of hydrogen-bond acceptors (Lipinski definition) is 6. The molecule has 7 nitrogen and oxygen atoms in total. The molecule has 3 rings (SSSR count). The van der Waals surface area contributed by atoms with Crippen LogP contribution in [-0.2, 0) is 9.53 Å². The molecule has 7 heteroatoms. The number of amides is 1. The number of rotatable bonds is 5. The Hall–Kier alpha value is -1.73. The zero-order chi connectivity index (χ0) is 16.8. The van der Waals surface area contributed by atoms with Crippen LogP contribution in [0, 0.1) is 0 Å². The van der Waals surface area contributed by atoms with Gasteiger partial charge in [-0.25, -0.2) is 9.97 Å². The normalized spacial score (nSPS) is 22.6. The molecule has 132 valence electrons. The lowest BCUT2D eigenvalue weighted by atomic mass is 10.1. The van der Waals surface area contributed by atoms with Crippen molar-refractivity contribution >= 4 is 11.9 Å². The summed E-state index contributed by atoms with van der Waals surface area (Å²) >= 11 is 0. The molecule has 0 bridgehead atoms. The first-order chi connectivity index (χ1) is 11.8. The predicted octanol–water partition coefficient (Wildman–Crippen LogP) is 0.626. The maximum atomic E-state index is 12.7. The van der Waals surface area contributed by atoms with Crippen LogP contribution in [-0.4, -0.2) is 84.2 Å². The van der Waals surface area contributed by atoms with E-state index in [2.05, 4.69) is 26.7 Å². The summed E-state index contributed by atoms with van der Waals surface area (Å²) < 4.78 is 5.54. The zero-order valence-electron chi connectivity index (χ0n) is 14.4. The molecule has 2 saturated heterocycles. The minimum Gasteiger partial charge on any atom is -0.377 e. The molecule has 3 heterocycles. The standard InChI is InChI=1S/C17H27N5O2/c1-2-4-15-14-24-12-11-22(15)16(23)13-20-7-9-21(10-8-20)17-18-5-3-6-19-17/h3,5-6,15H,2,4,7-14H2,1H3. The summed E-state index contributed by atoms with van der Waals surface area (Å²) in [5.74, 6) is 1.01. The molecule has 1 unspecified atom stereocenters. The Labute approximate surface area is 143 Å². The number of nitrogens with zero attached hydrogens (tertiary/aromatic N) is 5. The maximum absolute atomic E-state index is 12.7. The Balaban J connectivity index is 1.49. The number of carbonyl (C=O) groups excluding carboxylic acids is 1. The van der Waals surface area contributed by atoms with Crippen molar-refractivity contribution in [1.29, 1.82) is 0 Å². The Kier molecular flexibility index (Phi) is 5.98. The van der Waals surface area contributed by atoms with Gasteiger partial charge in [0.2, 0.25) is 11.9 Å². The van der Waals surface area contributed by atoms with Crippen molar-refractivity contribution in [2.45, 2.75) is 25.8 Å². The molecule has 0 N–H and O–H groups in total. The number of aromatic nitrogens is 2. The van der Waals surface area contributed by atoms with Crippen LogP contribution in [0.1, 0.15) is 19.8 Å². The molecular formula is C17H27N5O2. The Morgan fingerprint density at radius 1 is 1.21 bits per heavy atom. The maximum Gasteiger partial charge on any atom is 0.237 e. The van der Waals surface area contributed by atoms with Gasteiger partial charge in [0.05, 0.1) is 25.8 Å². The molecule has 0 saturated carbocycles. The second kappa shape index (κ2) is 8.39. The fraction of sp³-hybridized carbons (Fsp3) is 0.706. The molecule has 24 heavy (non-hydrogen) atoms. The highest BCUT2D eigenvalue weighted by Gasteiger charge is 2.28. The van der Waals surface area contributed by atoms with Gasteiger partial charge in [-0.05, 0) is 12.5 Å². The quantitative estimate of drug-likeness (QED) is 0.787. The van der Waals surface area contributed by atoms with Crippen LogP contribution in [0.2, 0.25) is 0 Å². The first kappa shape index (κ1) is 17.1. The fourth-order valence-electron chi connectivity index (χ4n) is 3.40. The van der Waals surface area contributed by atoms with Crippen molar-refractivity contribution in [3.8, 4) is 0 Å². The number of morpholine rings is 1. The highest BCUT2D eigenvalue weighted by Crippen LogP contribution is 2.14. The molecule has 1 aromatic rings. The number of hydrogen-bond donors (Lipinski definition) is 0. The van der Waals surface area contributed by atoms with Gasteiger partial charge in [-0.1, -0.05) is 13.3 Å². The molecule has 2 fully saturated rings. The largest absolute Gasteiger partial charge is 0.377 e. The smallest absolute Gasteiger partial charge is 0.237 e. The topological polar surface area (TPSA) is 61.8 Å². The van der Waals surface area contributed by atoms with Crippen LogP contribution in [0.15, 0.2) is 18.5 Å². The summed E-state index contributed by atoms with van der Waals surface area (Å²) in [6.07, 6.45) is 5.63. The number of piperazine rings is 1. The van der Waals surface area contributed by atoms with E-state index in [0.717, 1.165) is 51.5 Å². The van der Waals surface area contributed by atoms with E-state index < -0.39 is 0 Å². The third kappa shape index (κ3) is 4.21. The van der Waals surface area contributed by atoms with Crippen LogP contribution in [0.4, 0.5) is 5.95 Å². The van der Waals surface area contributed by atoms with Crippen molar-refractivity contribution in [1.82, 2.24) is 19.8 Å². The molecule has 2 aliphatic heterocycles. The lowest BCUT2D eigenvalue weighted by Crippen LogP contribution is -2.54. The van der Waals surface area contributed by atoms with Gasteiger partial charge >= 0.3 is 0 Å². The monoisotopic (exact) mass is 333 g/mol. The summed E-state index contributed by atoms with van der Waals surface area (Å²) in [4.78, 5) is 27.7. The van der Waals surface area contributed by atoms with Crippen LogP contribution in [0.3, 0.4) is 0 Å². The van der Waals surface area contributed by atoms with Crippen molar-refractivity contribution in [2.75, 3.05) is 57.4 Å². The molecule has 0 spiro atoms. The molecule has 0 aromatic carbocycles. The van der Waals surface area contributed by atoms with E-state index in [1.807, 2.05) is 11.0 Å². The summed E-state index contributed by atoms with van der Waals surface area (Å²) in [6, 6.07) is 2.07. The van der Waals surface area contributed by atoms with E-state index in [0.29, 0.717) is 19.8 Å². The summed E-state index contributed by atoms with van der Waals surface area (Å²) in [5.41, 5.74) is 0. The van der Waals surface area contributed by atoms with E-state index in [9.17, 15) is 4.79 Å². The lowest BCUT2D eigenvalue weighted by Gasteiger charge is -2.39. The van der Waals surface area contributed by atoms with Gasteiger partial charge in [-0.3, -0.25) is 9.69 Å². The van der Waals surface area contributed by atoms with E-state index >= 15 is 0 Å². The molecule has 1 amide bonds. The van der Waals surface area contributed by atoms with Crippen molar-refractivity contribution in [3.05, 3.63) is 18.5 Å².